The molecule has 51 heavy (non-hydrogen) atoms. The second-order valence-electron chi connectivity index (χ2n) is 13.3. The molecule has 1 aliphatic rings. The number of thiophene rings is 1. The molecular formula is C46H29GeN3S. The summed E-state index contributed by atoms with van der Waals surface area (Å²) < 4.78 is 10.5. The minimum atomic E-state index is -3.75. The molecule has 10 aromatic rings. The molecule has 0 unspecified atom stereocenters. The molecule has 0 fully saturated rings. The van der Waals surface area contributed by atoms with E-state index in [4.69, 9.17) is 9.97 Å². The molecule has 7 aromatic carbocycles. The summed E-state index contributed by atoms with van der Waals surface area (Å²) in [6.07, 6.45) is 0. The van der Waals surface area contributed by atoms with Crippen LogP contribution in [0.4, 0.5) is 0 Å². The Hall–Kier alpha value is -5.82. The summed E-state index contributed by atoms with van der Waals surface area (Å²) in [5, 5.41) is 5.08. The van der Waals surface area contributed by atoms with Crippen molar-refractivity contribution >= 4 is 84.2 Å². The maximum atomic E-state index is 5.71. The van der Waals surface area contributed by atoms with Crippen molar-refractivity contribution in [2.45, 2.75) is 0 Å². The number of aromatic nitrogens is 3. The third-order valence-electron chi connectivity index (χ3n) is 10.7. The zero-order valence-electron chi connectivity index (χ0n) is 27.5. The first-order valence-corrected chi connectivity index (χ1v) is 22.4. The molecular weight excluding hydrogens is 699 g/mol. The fourth-order valence-electron chi connectivity index (χ4n) is 8.58. The van der Waals surface area contributed by atoms with Crippen LogP contribution >= 0.6 is 11.3 Å². The van der Waals surface area contributed by atoms with Crippen molar-refractivity contribution in [3.63, 3.8) is 0 Å². The van der Waals surface area contributed by atoms with Crippen LogP contribution in [0.25, 0.3) is 70.4 Å². The number of hydrogen-bond donors (Lipinski definition) is 0. The Morgan fingerprint density at radius 1 is 0.471 bits per heavy atom. The van der Waals surface area contributed by atoms with Gasteiger partial charge < -0.3 is 0 Å². The van der Waals surface area contributed by atoms with Crippen LogP contribution < -0.4 is 17.6 Å². The van der Waals surface area contributed by atoms with Crippen LogP contribution in [-0.4, -0.2) is 27.8 Å². The topological polar surface area (TPSA) is 30.7 Å². The van der Waals surface area contributed by atoms with Crippen LogP contribution in [0.15, 0.2) is 176 Å². The van der Waals surface area contributed by atoms with Gasteiger partial charge in [-0.3, -0.25) is 0 Å². The first-order chi connectivity index (χ1) is 25.3. The van der Waals surface area contributed by atoms with Crippen LogP contribution in [0.1, 0.15) is 0 Å². The molecule has 3 nitrogen and oxygen atoms in total. The fourth-order valence-corrected chi connectivity index (χ4v) is 20.6. The zero-order valence-corrected chi connectivity index (χ0v) is 30.4. The van der Waals surface area contributed by atoms with Crippen LogP contribution in [0.2, 0.25) is 0 Å². The van der Waals surface area contributed by atoms with Crippen molar-refractivity contribution in [3.05, 3.63) is 176 Å². The Balaban J connectivity index is 1.36. The summed E-state index contributed by atoms with van der Waals surface area (Å²) in [5.41, 5.74) is 5.60. The Bertz CT molecular complexity index is 2930. The van der Waals surface area contributed by atoms with E-state index in [-0.39, 0.29) is 0 Å². The van der Waals surface area contributed by atoms with Gasteiger partial charge in [0.25, 0.3) is 0 Å². The monoisotopic (exact) mass is 729 g/mol. The van der Waals surface area contributed by atoms with Gasteiger partial charge in [-0.15, -0.1) is 0 Å². The molecule has 3 aromatic heterocycles. The molecule has 0 radical (unpaired) electrons. The third-order valence-corrected chi connectivity index (χ3v) is 22.0. The molecule has 5 heteroatoms. The molecule has 0 amide bonds. The fraction of sp³-hybridized carbons (Fsp3) is 0. The Kier molecular flexibility index (Phi) is 6.30. The first-order valence-electron chi connectivity index (χ1n) is 17.3. The molecule has 0 aliphatic carbocycles. The van der Waals surface area contributed by atoms with Gasteiger partial charge in [-0.05, 0) is 0 Å². The summed E-state index contributed by atoms with van der Waals surface area (Å²) in [4.78, 5) is 11.3. The Labute approximate surface area is 301 Å². The van der Waals surface area contributed by atoms with Crippen molar-refractivity contribution in [2.75, 3.05) is 0 Å². The van der Waals surface area contributed by atoms with E-state index >= 15 is 0 Å². The van der Waals surface area contributed by atoms with Crippen LogP contribution in [-0.2, 0) is 0 Å². The Morgan fingerprint density at radius 3 is 1.86 bits per heavy atom. The second kappa shape index (κ2) is 11.1. The van der Waals surface area contributed by atoms with Gasteiger partial charge in [0.2, 0.25) is 0 Å². The number of fused-ring (bicyclic) bond motifs is 9. The summed E-state index contributed by atoms with van der Waals surface area (Å²) in [5.74, 6) is 1.72. The summed E-state index contributed by atoms with van der Waals surface area (Å²) in [6.45, 7) is 0. The van der Waals surface area contributed by atoms with Crippen molar-refractivity contribution < 1.29 is 0 Å². The van der Waals surface area contributed by atoms with Crippen molar-refractivity contribution in [1.82, 2.24) is 14.5 Å². The van der Waals surface area contributed by atoms with E-state index in [2.05, 4.69) is 180 Å². The van der Waals surface area contributed by atoms with E-state index < -0.39 is 13.3 Å². The summed E-state index contributed by atoms with van der Waals surface area (Å²) in [7, 11) is 0. The normalized spacial score (nSPS) is 13.3. The summed E-state index contributed by atoms with van der Waals surface area (Å²) in [6, 6.07) is 64.4. The first kappa shape index (κ1) is 29.0. The van der Waals surface area contributed by atoms with Gasteiger partial charge in [0.15, 0.2) is 0 Å². The number of rotatable bonds is 4. The van der Waals surface area contributed by atoms with E-state index in [0.29, 0.717) is 0 Å². The molecule has 11 rings (SSSR count). The maximum absolute atomic E-state index is 5.71. The average molecular weight is 728 g/mol. The van der Waals surface area contributed by atoms with Gasteiger partial charge >= 0.3 is 303 Å². The van der Waals surface area contributed by atoms with Crippen LogP contribution in [0.3, 0.4) is 0 Å². The van der Waals surface area contributed by atoms with Gasteiger partial charge in [-0.2, -0.15) is 0 Å². The van der Waals surface area contributed by atoms with Crippen LogP contribution in [0, 0.1) is 0 Å². The van der Waals surface area contributed by atoms with Gasteiger partial charge in [0.05, 0.1) is 0 Å². The van der Waals surface area contributed by atoms with Crippen LogP contribution in [0.5, 0.6) is 0 Å². The van der Waals surface area contributed by atoms with Crippen molar-refractivity contribution in [2.24, 2.45) is 0 Å². The summed E-state index contributed by atoms with van der Waals surface area (Å²) >= 11 is -1.88. The average Bonchev–Trinajstić information content (AvgIpc) is 3.84. The van der Waals surface area contributed by atoms with E-state index in [1.54, 1.807) is 0 Å². The molecule has 0 bridgehead atoms. The predicted molar refractivity (Wildman–Crippen MR) is 217 cm³/mol. The molecule has 4 heterocycles. The van der Waals surface area contributed by atoms with Crippen molar-refractivity contribution in [3.8, 4) is 28.5 Å². The molecule has 0 spiro atoms. The van der Waals surface area contributed by atoms with E-state index in [9.17, 15) is 0 Å². The molecule has 0 saturated carbocycles. The standard InChI is InChI=1S/C46H29GeN3S/c1-4-16-30(17-5-1)45-48-44-35-24-10-13-25-38(35)47(31-18-6-2-7-19-31,32-20-8-3-9-21-32)43(44)46(49-45)50-39-26-14-11-22-33(39)36-28-37-34-23-12-15-27-41(34)51-42(37)29-40(36)50/h1-29H. The number of para-hydroxylation sites is 1. The third kappa shape index (κ3) is 4.06. The minimum absolute atomic E-state index is 0.743. The molecule has 238 valence electrons. The number of hydrogen-bond acceptors (Lipinski definition) is 3. The van der Waals surface area contributed by atoms with Gasteiger partial charge in [-0.1, -0.05) is 0 Å². The van der Waals surface area contributed by atoms with Gasteiger partial charge in [0, 0.05) is 0 Å². The molecule has 0 N–H and O–H groups in total. The molecule has 1 aliphatic heterocycles. The second-order valence-corrected chi connectivity index (χ2v) is 22.1. The quantitative estimate of drug-likeness (QED) is 0.170. The molecule has 0 saturated heterocycles. The number of nitrogens with zero attached hydrogens (tertiary/aromatic N) is 3. The molecule has 0 atom stereocenters. The SMILES string of the molecule is c1ccc(-c2nc3[c](c(-n4c5ccccc5c5cc6c(cc54)sc4ccccc46)n2)[Ge]([c]2ccccc2)([c]2ccccc2)[c]2ccccc2-3)cc1. The van der Waals surface area contributed by atoms with E-state index in [1.807, 2.05) is 11.3 Å². The predicted octanol–water partition coefficient (Wildman–Crippen LogP) is 8.97. The van der Waals surface area contributed by atoms with E-state index in [1.165, 1.54) is 59.6 Å². The zero-order chi connectivity index (χ0) is 33.5. The number of benzene rings is 7. The Morgan fingerprint density at radius 2 is 1.10 bits per heavy atom. The van der Waals surface area contributed by atoms with Gasteiger partial charge in [-0.25, -0.2) is 0 Å². The van der Waals surface area contributed by atoms with Gasteiger partial charge in [0.1, 0.15) is 0 Å². The van der Waals surface area contributed by atoms with E-state index in [0.717, 1.165) is 28.4 Å². The van der Waals surface area contributed by atoms with Crippen molar-refractivity contribution in [1.29, 1.82) is 0 Å².